The zero-order chi connectivity index (χ0) is 20.8. The van der Waals surface area contributed by atoms with Gasteiger partial charge in [-0.05, 0) is 55.3 Å². The number of carbonyl (C=O) groups excluding carboxylic acids is 1. The molecule has 0 saturated heterocycles. The maximum Gasteiger partial charge on any atom is 0.253 e. The molecule has 0 bridgehead atoms. The van der Waals surface area contributed by atoms with Crippen LogP contribution in [0, 0.1) is 13.8 Å². The number of aromatic nitrogens is 1. The van der Waals surface area contributed by atoms with E-state index in [1.165, 1.54) is 5.56 Å². The third kappa shape index (κ3) is 5.04. The molecule has 3 rings (SSSR count). The molecule has 2 N–H and O–H groups in total. The zero-order valence-corrected chi connectivity index (χ0v) is 17.1. The van der Waals surface area contributed by atoms with Crippen molar-refractivity contribution >= 4 is 17.4 Å². The Balaban J connectivity index is 1.61. The first-order valence-electron chi connectivity index (χ1n) is 9.29. The van der Waals surface area contributed by atoms with Crippen LogP contribution in [0.1, 0.15) is 27.0 Å². The van der Waals surface area contributed by atoms with Crippen molar-refractivity contribution in [2.45, 2.75) is 20.4 Å². The van der Waals surface area contributed by atoms with Gasteiger partial charge < -0.3 is 20.1 Å². The van der Waals surface area contributed by atoms with Crippen LogP contribution in [0.2, 0.25) is 0 Å². The summed E-state index contributed by atoms with van der Waals surface area (Å²) in [6.45, 7) is 4.48. The van der Waals surface area contributed by atoms with Gasteiger partial charge in [-0.25, -0.2) is 4.98 Å². The number of aryl methyl sites for hydroxylation is 2. The molecule has 0 aliphatic heterocycles. The lowest BCUT2D eigenvalue weighted by Crippen LogP contribution is -2.23. The number of hydrogen-bond donors (Lipinski definition) is 2. The van der Waals surface area contributed by atoms with Gasteiger partial charge in [0.25, 0.3) is 5.91 Å². The smallest absolute Gasteiger partial charge is 0.253 e. The first-order chi connectivity index (χ1) is 14.0. The largest absolute Gasteiger partial charge is 0.493 e. The highest BCUT2D eigenvalue weighted by Crippen LogP contribution is 2.27. The monoisotopic (exact) mass is 391 g/mol. The Kier molecular flexibility index (Phi) is 6.34. The molecule has 29 heavy (non-hydrogen) atoms. The van der Waals surface area contributed by atoms with Gasteiger partial charge >= 0.3 is 0 Å². The van der Waals surface area contributed by atoms with E-state index in [1.807, 2.05) is 37.3 Å². The standard InChI is InChI=1S/C23H25N3O3/c1-15-5-8-19(16(2)11-15)26-22-10-7-18(14-24-22)23(27)25-13-17-6-9-20(28-3)21(12-17)29-4/h5-12,14H,13H2,1-4H3,(H,24,26)(H,25,27). The Labute approximate surface area is 170 Å². The molecule has 0 fully saturated rings. The van der Waals surface area contributed by atoms with E-state index in [4.69, 9.17) is 9.47 Å². The Hall–Kier alpha value is -3.54. The summed E-state index contributed by atoms with van der Waals surface area (Å²) in [5.74, 6) is 1.78. The van der Waals surface area contributed by atoms with Gasteiger partial charge in [-0.2, -0.15) is 0 Å². The van der Waals surface area contributed by atoms with Gasteiger partial charge in [0.15, 0.2) is 11.5 Å². The molecule has 0 aliphatic carbocycles. The van der Waals surface area contributed by atoms with Gasteiger partial charge in [0.1, 0.15) is 5.82 Å². The lowest BCUT2D eigenvalue weighted by Gasteiger charge is -2.11. The van der Waals surface area contributed by atoms with Crippen molar-refractivity contribution in [3.8, 4) is 11.5 Å². The molecular formula is C23H25N3O3. The number of carbonyl (C=O) groups is 1. The van der Waals surface area contributed by atoms with Crippen molar-refractivity contribution in [3.63, 3.8) is 0 Å². The van der Waals surface area contributed by atoms with Crippen molar-refractivity contribution < 1.29 is 14.3 Å². The second-order valence-corrected chi connectivity index (χ2v) is 6.75. The Morgan fingerprint density at radius 3 is 2.41 bits per heavy atom. The lowest BCUT2D eigenvalue weighted by atomic mass is 10.1. The van der Waals surface area contributed by atoms with E-state index in [0.29, 0.717) is 29.4 Å². The SMILES string of the molecule is COc1ccc(CNC(=O)c2ccc(Nc3ccc(C)cc3C)nc2)cc1OC. The highest BCUT2D eigenvalue weighted by atomic mass is 16.5. The van der Waals surface area contributed by atoms with E-state index in [-0.39, 0.29) is 5.91 Å². The van der Waals surface area contributed by atoms with Crippen LogP contribution in [0.3, 0.4) is 0 Å². The van der Waals surface area contributed by atoms with Crippen LogP contribution < -0.4 is 20.1 Å². The number of ether oxygens (including phenoxy) is 2. The molecule has 0 unspecified atom stereocenters. The summed E-state index contributed by atoms with van der Waals surface area (Å²) in [6, 6.07) is 15.3. The van der Waals surface area contributed by atoms with E-state index >= 15 is 0 Å². The van der Waals surface area contributed by atoms with E-state index < -0.39 is 0 Å². The van der Waals surface area contributed by atoms with Gasteiger partial charge in [0, 0.05) is 18.4 Å². The van der Waals surface area contributed by atoms with Crippen molar-refractivity contribution in [1.82, 2.24) is 10.3 Å². The lowest BCUT2D eigenvalue weighted by molar-refractivity contribution is 0.0950. The summed E-state index contributed by atoms with van der Waals surface area (Å²) < 4.78 is 10.5. The first kappa shape index (κ1) is 20.2. The van der Waals surface area contributed by atoms with E-state index in [9.17, 15) is 4.79 Å². The molecule has 2 aromatic carbocycles. The van der Waals surface area contributed by atoms with Crippen LogP contribution >= 0.6 is 0 Å². The molecular weight excluding hydrogens is 366 g/mol. The van der Waals surface area contributed by atoms with Gasteiger partial charge in [0.2, 0.25) is 0 Å². The maximum absolute atomic E-state index is 12.4. The average molecular weight is 391 g/mol. The fraction of sp³-hybridized carbons (Fsp3) is 0.217. The number of benzene rings is 2. The number of hydrogen-bond acceptors (Lipinski definition) is 5. The van der Waals surface area contributed by atoms with Crippen LogP contribution in [-0.2, 0) is 6.54 Å². The minimum absolute atomic E-state index is 0.189. The molecule has 0 spiro atoms. The maximum atomic E-state index is 12.4. The number of pyridine rings is 1. The Bertz CT molecular complexity index is 1000. The molecule has 1 amide bonds. The number of nitrogens with one attached hydrogen (secondary N) is 2. The molecule has 6 heteroatoms. The molecule has 0 radical (unpaired) electrons. The number of rotatable bonds is 7. The van der Waals surface area contributed by atoms with Gasteiger partial charge in [-0.15, -0.1) is 0 Å². The second-order valence-electron chi connectivity index (χ2n) is 6.75. The van der Waals surface area contributed by atoms with E-state index in [1.54, 1.807) is 32.5 Å². The highest BCUT2D eigenvalue weighted by molar-refractivity contribution is 5.94. The predicted octanol–water partition coefficient (Wildman–Crippen LogP) is 4.39. The third-order valence-corrected chi connectivity index (χ3v) is 4.57. The second kappa shape index (κ2) is 9.10. The number of amides is 1. The Morgan fingerprint density at radius 1 is 0.966 bits per heavy atom. The van der Waals surface area contributed by atoms with Crippen LogP contribution in [0.25, 0.3) is 0 Å². The average Bonchev–Trinajstić information content (AvgIpc) is 2.74. The molecule has 0 aliphatic rings. The molecule has 0 atom stereocenters. The quantitative estimate of drug-likeness (QED) is 0.625. The minimum atomic E-state index is -0.189. The summed E-state index contributed by atoms with van der Waals surface area (Å²) in [6.07, 6.45) is 1.57. The molecule has 1 heterocycles. The fourth-order valence-corrected chi connectivity index (χ4v) is 2.97. The van der Waals surface area contributed by atoms with Crippen LogP contribution in [0.4, 0.5) is 11.5 Å². The van der Waals surface area contributed by atoms with Crippen molar-refractivity contribution in [3.05, 3.63) is 77.0 Å². The highest BCUT2D eigenvalue weighted by Gasteiger charge is 2.09. The summed E-state index contributed by atoms with van der Waals surface area (Å²) in [5, 5.41) is 6.17. The van der Waals surface area contributed by atoms with Gasteiger partial charge in [-0.3, -0.25) is 4.79 Å². The zero-order valence-electron chi connectivity index (χ0n) is 17.1. The number of anilines is 2. The van der Waals surface area contributed by atoms with Crippen LogP contribution in [-0.4, -0.2) is 25.1 Å². The minimum Gasteiger partial charge on any atom is -0.493 e. The third-order valence-electron chi connectivity index (χ3n) is 4.57. The Morgan fingerprint density at radius 2 is 1.76 bits per heavy atom. The van der Waals surface area contributed by atoms with Crippen molar-refractivity contribution in [2.75, 3.05) is 19.5 Å². The molecule has 3 aromatic rings. The van der Waals surface area contributed by atoms with Crippen molar-refractivity contribution in [2.24, 2.45) is 0 Å². The topological polar surface area (TPSA) is 72.5 Å². The van der Waals surface area contributed by atoms with Crippen molar-refractivity contribution in [1.29, 1.82) is 0 Å². The first-order valence-corrected chi connectivity index (χ1v) is 9.29. The van der Waals surface area contributed by atoms with E-state index in [2.05, 4.69) is 28.6 Å². The molecule has 1 aromatic heterocycles. The van der Waals surface area contributed by atoms with E-state index in [0.717, 1.165) is 16.8 Å². The summed E-state index contributed by atoms with van der Waals surface area (Å²) >= 11 is 0. The number of nitrogens with zero attached hydrogens (tertiary/aromatic N) is 1. The van der Waals surface area contributed by atoms with Gasteiger partial charge in [-0.1, -0.05) is 23.8 Å². The summed E-state index contributed by atoms with van der Waals surface area (Å²) in [7, 11) is 3.17. The van der Waals surface area contributed by atoms with Crippen LogP contribution in [0.5, 0.6) is 11.5 Å². The normalized spacial score (nSPS) is 10.3. The molecule has 0 saturated carbocycles. The molecule has 150 valence electrons. The summed E-state index contributed by atoms with van der Waals surface area (Å²) in [5.41, 5.74) is 4.76. The molecule has 6 nitrogen and oxygen atoms in total. The van der Waals surface area contributed by atoms with Gasteiger partial charge in [0.05, 0.1) is 19.8 Å². The number of methoxy groups -OCH3 is 2. The summed E-state index contributed by atoms with van der Waals surface area (Å²) in [4.78, 5) is 16.8. The predicted molar refractivity (Wildman–Crippen MR) is 114 cm³/mol. The van der Waals surface area contributed by atoms with Crippen LogP contribution in [0.15, 0.2) is 54.7 Å². The fourth-order valence-electron chi connectivity index (χ4n) is 2.97.